The summed E-state index contributed by atoms with van der Waals surface area (Å²) in [5, 5.41) is 10.4. The van der Waals surface area contributed by atoms with Gasteiger partial charge in [0.1, 0.15) is 6.10 Å². The SMILES string of the molecule is C=C(C(N)=O)C(O)c1ccc(Cl)cc1Cl. The first-order chi connectivity index (χ1) is 6.93. The standard InChI is InChI=1S/C10H9Cl2NO2/c1-5(10(13)15)9(14)7-3-2-6(11)4-8(7)12/h2-4,9,14H,1H2,(H2,13,15). The first kappa shape index (κ1) is 12.0. The van der Waals surface area contributed by atoms with Crippen LogP contribution in [0.5, 0.6) is 0 Å². The third-order valence-corrected chi connectivity index (χ3v) is 2.47. The van der Waals surface area contributed by atoms with E-state index in [0.717, 1.165) is 0 Å². The molecule has 0 bridgehead atoms. The van der Waals surface area contributed by atoms with Crippen molar-refractivity contribution in [1.82, 2.24) is 0 Å². The van der Waals surface area contributed by atoms with Crippen LogP contribution < -0.4 is 5.73 Å². The highest BCUT2D eigenvalue weighted by Crippen LogP contribution is 2.29. The maximum atomic E-state index is 10.8. The summed E-state index contributed by atoms with van der Waals surface area (Å²) in [6.45, 7) is 3.38. The molecule has 0 fully saturated rings. The number of hydrogen-bond donors (Lipinski definition) is 2. The number of rotatable bonds is 3. The molecule has 5 heteroatoms. The van der Waals surface area contributed by atoms with Gasteiger partial charge in [0.25, 0.3) is 0 Å². The first-order valence-corrected chi connectivity index (χ1v) is 4.80. The van der Waals surface area contributed by atoms with Gasteiger partial charge >= 0.3 is 0 Å². The largest absolute Gasteiger partial charge is 0.383 e. The molecule has 1 amide bonds. The second-order valence-electron chi connectivity index (χ2n) is 2.96. The summed E-state index contributed by atoms with van der Waals surface area (Å²) in [6, 6.07) is 4.54. The van der Waals surface area contributed by atoms with Crippen molar-refractivity contribution < 1.29 is 9.90 Å². The molecule has 3 N–H and O–H groups in total. The van der Waals surface area contributed by atoms with Crippen LogP contribution in [0.1, 0.15) is 11.7 Å². The van der Waals surface area contributed by atoms with Crippen LogP contribution in [0.15, 0.2) is 30.4 Å². The van der Waals surface area contributed by atoms with Crippen LogP contribution in [0.2, 0.25) is 10.0 Å². The van der Waals surface area contributed by atoms with Gasteiger partial charge in [0.05, 0.1) is 0 Å². The van der Waals surface area contributed by atoms with E-state index in [2.05, 4.69) is 6.58 Å². The van der Waals surface area contributed by atoms with Crippen molar-refractivity contribution in [1.29, 1.82) is 0 Å². The van der Waals surface area contributed by atoms with Crippen LogP contribution in [0, 0.1) is 0 Å². The van der Waals surface area contributed by atoms with Gasteiger partial charge in [-0.25, -0.2) is 0 Å². The fourth-order valence-electron chi connectivity index (χ4n) is 1.05. The molecule has 15 heavy (non-hydrogen) atoms. The van der Waals surface area contributed by atoms with Crippen LogP contribution >= 0.6 is 23.2 Å². The van der Waals surface area contributed by atoms with Gasteiger partial charge in [-0.05, 0) is 12.1 Å². The Kier molecular flexibility index (Phi) is 3.74. The fourth-order valence-corrected chi connectivity index (χ4v) is 1.56. The molecule has 0 radical (unpaired) electrons. The summed E-state index contributed by atoms with van der Waals surface area (Å²) in [7, 11) is 0. The summed E-state index contributed by atoms with van der Waals surface area (Å²) < 4.78 is 0. The summed E-state index contributed by atoms with van der Waals surface area (Å²) in [6.07, 6.45) is -1.20. The summed E-state index contributed by atoms with van der Waals surface area (Å²) in [5.74, 6) is -0.770. The molecule has 0 aliphatic carbocycles. The van der Waals surface area contributed by atoms with Gasteiger partial charge < -0.3 is 10.8 Å². The Bertz CT molecular complexity index is 418. The minimum absolute atomic E-state index is 0.112. The molecule has 1 atom stereocenters. The van der Waals surface area contributed by atoms with Gasteiger partial charge in [0.2, 0.25) is 5.91 Å². The molecule has 0 aliphatic rings. The Morgan fingerprint density at radius 1 is 1.47 bits per heavy atom. The molecule has 1 aromatic rings. The monoisotopic (exact) mass is 245 g/mol. The van der Waals surface area contributed by atoms with Crippen molar-refractivity contribution in [2.45, 2.75) is 6.10 Å². The lowest BCUT2D eigenvalue weighted by molar-refractivity contribution is -0.115. The fraction of sp³-hybridized carbons (Fsp3) is 0.100. The van der Waals surface area contributed by atoms with E-state index in [1.165, 1.54) is 12.1 Å². The number of carbonyl (C=O) groups is 1. The Balaban J connectivity index is 3.06. The maximum Gasteiger partial charge on any atom is 0.247 e. The Hall–Kier alpha value is -1.03. The quantitative estimate of drug-likeness (QED) is 0.802. The average molecular weight is 246 g/mol. The number of aliphatic hydroxyl groups excluding tert-OH is 1. The third-order valence-electron chi connectivity index (χ3n) is 1.90. The van der Waals surface area contributed by atoms with E-state index in [1.54, 1.807) is 6.07 Å². The summed E-state index contributed by atoms with van der Waals surface area (Å²) in [5.41, 5.74) is 5.23. The zero-order valence-electron chi connectivity index (χ0n) is 7.71. The predicted octanol–water partition coefficient (Wildman–Crippen LogP) is 2.07. The number of amides is 1. The Morgan fingerprint density at radius 2 is 2.07 bits per heavy atom. The van der Waals surface area contributed by atoms with Gasteiger partial charge in [-0.3, -0.25) is 4.79 Å². The Labute approximate surface area is 97.1 Å². The maximum absolute atomic E-state index is 10.8. The molecule has 0 saturated heterocycles. The van der Waals surface area contributed by atoms with Crippen LogP contribution in [-0.4, -0.2) is 11.0 Å². The van der Waals surface area contributed by atoms with Crippen molar-refractivity contribution in [3.8, 4) is 0 Å². The Morgan fingerprint density at radius 3 is 2.53 bits per heavy atom. The van der Waals surface area contributed by atoms with E-state index < -0.39 is 12.0 Å². The van der Waals surface area contributed by atoms with Gasteiger partial charge in [0.15, 0.2) is 0 Å². The van der Waals surface area contributed by atoms with Crippen molar-refractivity contribution in [2.24, 2.45) is 5.73 Å². The van der Waals surface area contributed by atoms with Crippen LogP contribution in [0.25, 0.3) is 0 Å². The number of aliphatic hydroxyl groups is 1. The van der Waals surface area contributed by atoms with E-state index in [0.29, 0.717) is 10.6 Å². The van der Waals surface area contributed by atoms with Crippen molar-refractivity contribution in [2.75, 3.05) is 0 Å². The van der Waals surface area contributed by atoms with Crippen LogP contribution in [0.3, 0.4) is 0 Å². The number of benzene rings is 1. The molecule has 1 unspecified atom stereocenters. The normalized spacial score (nSPS) is 12.2. The molecule has 80 valence electrons. The molecule has 0 saturated carbocycles. The van der Waals surface area contributed by atoms with E-state index in [4.69, 9.17) is 28.9 Å². The number of carbonyl (C=O) groups excluding carboxylic acids is 1. The first-order valence-electron chi connectivity index (χ1n) is 4.05. The van der Waals surface area contributed by atoms with Gasteiger partial charge in [-0.15, -0.1) is 0 Å². The number of primary amides is 1. The molecule has 0 spiro atoms. The third kappa shape index (κ3) is 2.72. The topological polar surface area (TPSA) is 63.3 Å². The smallest absolute Gasteiger partial charge is 0.247 e. The number of nitrogens with two attached hydrogens (primary N) is 1. The molecular weight excluding hydrogens is 237 g/mol. The molecule has 0 heterocycles. The molecule has 1 rings (SSSR count). The van der Waals surface area contributed by atoms with E-state index >= 15 is 0 Å². The second kappa shape index (κ2) is 4.66. The zero-order chi connectivity index (χ0) is 11.6. The highest BCUT2D eigenvalue weighted by atomic mass is 35.5. The van der Waals surface area contributed by atoms with Gasteiger partial charge in [-0.1, -0.05) is 35.8 Å². The second-order valence-corrected chi connectivity index (χ2v) is 3.80. The number of halogens is 2. The molecular formula is C10H9Cl2NO2. The van der Waals surface area contributed by atoms with E-state index in [-0.39, 0.29) is 10.6 Å². The minimum Gasteiger partial charge on any atom is -0.383 e. The van der Waals surface area contributed by atoms with Crippen LogP contribution in [-0.2, 0) is 4.79 Å². The molecule has 0 aromatic heterocycles. The average Bonchev–Trinajstić information content (AvgIpc) is 2.15. The van der Waals surface area contributed by atoms with Crippen molar-refractivity contribution in [3.05, 3.63) is 46.0 Å². The van der Waals surface area contributed by atoms with Crippen molar-refractivity contribution >= 4 is 29.1 Å². The minimum atomic E-state index is -1.20. The molecule has 1 aromatic carbocycles. The summed E-state index contributed by atoms with van der Waals surface area (Å²) >= 11 is 11.5. The lowest BCUT2D eigenvalue weighted by Gasteiger charge is -2.13. The molecule has 0 aliphatic heterocycles. The summed E-state index contributed by atoms with van der Waals surface area (Å²) in [4.78, 5) is 10.8. The van der Waals surface area contributed by atoms with E-state index in [9.17, 15) is 9.90 Å². The van der Waals surface area contributed by atoms with Crippen molar-refractivity contribution in [3.63, 3.8) is 0 Å². The van der Waals surface area contributed by atoms with Gasteiger partial charge in [-0.2, -0.15) is 0 Å². The lowest BCUT2D eigenvalue weighted by atomic mass is 10.0. The predicted molar refractivity (Wildman–Crippen MR) is 59.8 cm³/mol. The van der Waals surface area contributed by atoms with Gasteiger partial charge in [0, 0.05) is 21.2 Å². The van der Waals surface area contributed by atoms with Crippen LogP contribution in [0.4, 0.5) is 0 Å². The highest BCUT2D eigenvalue weighted by Gasteiger charge is 2.18. The zero-order valence-corrected chi connectivity index (χ0v) is 9.22. The number of hydrogen-bond acceptors (Lipinski definition) is 2. The van der Waals surface area contributed by atoms with E-state index in [1.807, 2.05) is 0 Å². The molecule has 3 nitrogen and oxygen atoms in total. The lowest BCUT2D eigenvalue weighted by Crippen LogP contribution is -2.18. The highest BCUT2D eigenvalue weighted by molar-refractivity contribution is 6.35.